The van der Waals surface area contributed by atoms with Crippen LogP contribution in [-0.4, -0.2) is 38.4 Å². The number of hydrogen-bond donors (Lipinski definition) is 2. The van der Waals surface area contributed by atoms with Crippen LogP contribution in [0.5, 0.6) is 0 Å². The first kappa shape index (κ1) is 25.4. The number of esters is 1. The summed E-state index contributed by atoms with van der Waals surface area (Å²) in [4.78, 5) is 34.4. The number of hydrogen-bond acceptors (Lipinski definition) is 7. The molecule has 11 heteroatoms. The van der Waals surface area contributed by atoms with Gasteiger partial charge in [0, 0.05) is 18.7 Å². The third-order valence-electron chi connectivity index (χ3n) is 4.87. The summed E-state index contributed by atoms with van der Waals surface area (Å²) >= 11 is 0. The zero-order valence-corrected chi connectivity index (χ0v) is 19.4. The van der Waals surface area contributed by atoms with Crippen molar-refractivity contribution in [1.29, 1.82) is 0 Å². The number of anilines is 1. The number of non-ortho nitro benzene ring substituents is 1. The van der Waals surface area contributed by atoms with Gasteiger partial charge in [0.2, 0.25) is 0 Å². The lowest BCUT2D eigenvalue weighted by atomic mass is 10.1. The SMILES string of the molecule is O=C(COC(=O)c1ccccc1NS(=O)(=O)c1cccc([N+](=O)[O-])c1)NCCCc1ccccc1. The Morgan fingerprint density at radius 3 is 2.40 bits per heavy atom. The van der Waals surface area contributed by atoms with Crippen LogP contribution in [0.4, 0.5) is 11.4 Å². The van der Waals surface area contributed by atoms with Gasteiger partial charge in [-0.15, -0.1) is 0 Å². The molecule has 0 unspecified atom stereocenters. The first-order chi connectivity index (χ1) is 16.8. The van der Waals surface area contributed by atoms with E-state index in [1.165, 1.54) is 36.4 Å². The topological polar surface area (TPSA) is 145 Å². The first-order valence-electron chi connectivity index (χ1n) is 10.6. The lowest BCUT2D eigenvalue weighted by Gasteiger charge is -2.12. The maximum Gasteiger partial charge on any atom is 0.340 e. The predicted octanol–water partition coefficient (Wildman–Crippen LogP) is 3.30. The fourth-order valence-corrected chi connectivity index (χ4v) is 4.26. The molecule has 0 aromatic heterocycles. The Labute approximate surface area is 202 Å². The fourth-order valence-electron chi connectivity index (χ4n) is 3.14. The minimum atomic E-state index is -4.24. The molecule has 10 nitrogen and oxygen atoms in total. The van der Waals surface area contributed by atoms with Crippen molar-refractivity contribution >= 4 is 33.3 Å². The Morgan fingerprint density at radius 2 is 1.66 bits per heavy atom. The van der Waals surface area contributed by atoms with E-state index in [1.54, 1.807) is 0 Å². The standard InChI is InChI=1S/C24H23N3O7S/c28-23(25-15-7-10-18-8-2-1-3-9-18)17-34-24(29)21-13-4-5-14-22(21)26-35(32,33)20-12-6-11-19(16-20)27(30)31/h1-6,8-9,11-14,16,26H,7,10,15,17H2,(H,25,28). The van der Waals surface area contributed by atoms with E-state index in [0.717, 1.165) is 24.1 Å². The Balaban J connectivity index is 1.57. The average Bonchev–Trinajstić information content (AvgIpc) is 2.86. The summed E-state index contributed by atoms with van der Waals surface area (Å²) in [5, 5.41) is 13.6. The van der Waals surface area contributed by atoms with Crippen molar-refractivity contribution in [3.05, 3.63) is 100 Å². The molecule has 3 aromatic rings. The van der Waals surface area contributed by atoms with Gasteiger partial charge in [-0.25, -0.2) is 13.2 Å². The van der Waals surface area contributed by atoms with Gasteiger partial charge in [-0.05, 0) is 36.6 Å². The van der Waals surface area contributed by atoms with Crippen LogP contribution >= 0.6 is 0 Å². The molecule has 0 spiro atoms. The highest BCUT2D eigenvalue weighted by molar-refractivity contribution is 7.92. The largest absolute Gasteiger partial charge is 0.452 e. The normalized spacial score (nSPS) is 10.9. The van der Waals surface area contributed by atoms with Gasteiger partial charge in [0.1, 0.15) is 0 Å². The quantitative estimate of drug-likeness (QED) is 0.179. The highest BCUT2D eigenvalue weighted by atomic mass is 32.2. The Bertz CT molecular complexity index is 1310. The van der Waals surface area contributed by atoms with Crippen molar-refractivity contribution in [3.8, 4) is 0 Å². The molecule has 3 aromatic carbocycles. The summed E-state index contributed by atoms with van der Waals surface area (Å²) in [6, 6.07) is 20.0. The first-order valence-corrected chi connectivity index (χ1v) is 12.1. The molecule has 0 aliphatic carbocycles. The molecular weight excluding hydrogens is 474 g/mol. The van der Waals surface area contributed by atoms with Crippen molar-refractivity contribution in [1.82, 2.24) is 5.32 Å². The predicted molar refractivity (Wildman–Crippen MR) is 128 cm³/mol. The lowest BCUT2D eigenvalue weighted by molar-refractivity contribution is -0.385. The van der Waals surface area contributed by atoms with Gasteiger partial charge in [0.15, 0.2) is 6.61 Å². The number of nitrogens with one attached hydrogen (secondary N) is 2. The van der Waals surface area contributed by atoms with Crippen molar-refractivity contribution in [2.45, 2.75) is 17.7 Å². The zero-order chi connectivity index (χ0) is 25.3. The Morgan fingerprint density at radius 1 is 0.943 bits per heavy atom. The smallest absolute Gasteiger partial charge is 0.340 e. The molecule has 0 fully saturated rings. The number of carbonyl (C=O) groups excluding carboxylic acids is 2. The molecule has 2 N–H and O–H groups in total. The number of nitro groups is 1. The van der Waals surface area contributed by atoms with Crippen LogP contribution in [0.25, 0.3) is 0 Å². The van der Waals surface area contributed by atoms with Crippen LogP contribution < -0.4 is 10.0 Å². The van der Waals surface area contributed by atoms with Crippen molar-refractivity contribution < 1.29 is 27.7 Å². The number of aryl methyl sites for hydroxylation is 1. The van der Waals surface area contributed by atoms with E-state index in [2.05, 4.69) is 10.0 Å². The minimum absolute atomic E-state index is 0.0905. The summed E-state index contributed by atoms with van der Waals surface area (Å²) in [6.45, 7) is -0.124. The molecule has 0 heterocycles. The van der Waals surface area contributed by atoms with E-state index in [-0.39, 0.29) is 16.1 Å². The summed E-state index contributed by atoms with van der Waals surface area (Å²) in [5.74, 6) is -1.39. The fraction of sp³-hybridized carbons (Fsp3) is 0.167. The maximum atomic E-state index is 12.7. The minimum Gasteiger partial charge on any atom is -0.452 e. The summed E-state index contributed by atoms with van der Waals surface area (Å²) in [6.07, 6.45) is 1.50. The van der Waals surface area contributed by atoms with E-state index in [9.17, 15) is 28.1 Å². The number of ether oxygens (including phenoxy) is 1. The zero-order valence-electron chi connectivity index (χ0n) is 18.5. The second-order valence-electron chi connectivity index (χ2n) is 7.42. The number of nitro benzene ring substituents is 1. The number of rotatable bonds is 11. The average molecular weight is 498 g/mol. The van der Waals surface area contributed by atoms with Crippen molar-refractivity contribution in [2.75, 3.05) is 17.9 Å². The van der Waals surface area contributed by atoms with Crippen LogP contribution in [0.15, 0.2) is 83.8 Å². The molecular formula is C24H23N3O7S. The summed E-state index contributed by atoms with van der Waals surface area (Å²) in [7, 11) is -4.24. The molecule has 0 aliphatic heterocycles. The number of sulfonamides is 1. The third-order valence-corrected chi connectivity index (χ3v) is 6.23. The Kier molecular flexibility index (Phi) is 8.52. The molecule has 0 saturated heterocycles. The highest BCUT2D eigenvalue weighted by Gasteiger charge is 2.21. The van der Waals surface area contributed by atoms with Gasteiger partial charge >= 0.3 is 5.97 Å². The maximum absolute atomic E-state index is 12.7. The Hall–Kier alpha value is -4.25. The number of nitrogens with zero attached hydrogens (tertiary/aromatic N) is 1. The molecule has 3 rings (SSSR count). The highest BCUT2D eigenvalue weighted by Crippen LogP contribution is 2.23. The molecule has 0 radical (unpaired) electrons. The van der Waals surface area contributed by atoms with Crippen LogP contribution in [0, 0.1) is 10.1 Å². The van der Waals surface area contributed by atoms with Crippen LogP contribution in [0.3, 0.4) is 0 Å². The van der Waals surface area contributed by atoms with Crippen LogP contribution in [0.2, 0.25) is 0 Å². The second kappa shape index (κ2) is 11.7. The van der Waals surface area contributed by atoms with E-state index < -0.39 is 39.1 Å². The van der Waals surface area contributed by atoms with Crippen LogP contribution in [-0.2, 0) is 26.0 Å². The van der Waals surface area contributed by atoms with E-state index in [4.69, 9.17) is 4.74 Å². The number of carbonyl (C=O) groups is 2. The number of benzene rings is 3. The summed E-state index contributed by atoms with van der Waals surface area (Å²) in [5.41, 5.74) is 0.554. The van der Waals surface area contributed by atoms with E-state index >= 15 is 0 Å². The lowest BCUT2D eigenvalue weighted by Crippen LogP contribution is -2.30. The van der Waals surface area contributed by atoms with E-state index in [1.807, 2.05) is 30.3 Å². The number of amides is 1. The van der Waals surface area contributed by atoms with Gasteiger partial charge in [-0.1, -0.05) is 48.5 Å². The van der Waals surface area contributed by atoms with Crippen molar-refractivity contribution in [2.24, 2.45) is 0 Å². The monoisotopic (exact) mass is 497 g/mol. The molecule has 0 aliphatic rings. The van der Waals surface area contributed by atoms with Gasteiger partial charge < -0.3 is 10.1 Å². The second-order valence-corrected chi connectivity index (χ2v) is 9.10. The molecule has 0 atom stereocenters. The molecule has 0 saturated carbocycles. The molecule has 0 bridgehead atoms. The molecule has 182 valence electrons. The molecule has 35 heavy (non-hydrogen) atoms. The van der Waals surface area contributed by atoms with E-state index in [0.29, 0.717) is 13.0 Å². The van der Waals surface area contributed by atoms with Gasteiger partial charge in [0.05, 0.1) is 21.1 Å². The summed E-state index contributed by atoms with van der Waals surface area (Å²) < 4.78 is 32.7. The van der Waals surface area contributed by atoms with Gasteiger partial charge in [0.25, 0.3) is 21.6 Å². The van der Waals surface area contributed by atoms with Crippen molar-refractivity contribution in [3.63, 3.8) is 0 Å². The number of para-hydroxylation sites is 1. The third kappa shape index (κ3) is 7.37. The van der Waals surface area contributed by atoms with Gasteiger partial charge in [-0.2, -0.15) is 0 Å². The molecule has 1 amide bonds. The van der Waals surface area contributed by atoms with Gasteiger partial charge in [-0.3, -0.25) is 19.6 Å². The van der Waals surface area contributed by atoms with Crippen LogP contribution in [0.1, 0.15) is 22.3 Å².